The molecule has 0 aromatic carbocycles. The normalized spacial score (nSPS) is 23.5. The highest BCUT2D eigenvalue weighted by molar-refractivity contribution is 5.73. The second-order valence-electron chi connectivity index (χ2n) is 5.17. The van der Waals surface area contributed by atoms with E-state index < -0.39 is 6.10 Å². The van der Waals surface area contributed by atoms with E-state index in [1.807, 2.05) is 0 Å². The molecule has 88 valence electrons. The van der Waals surface area contributed by atoms with Gasteiger partial charge in [0.05, 0.1) is 13.2 Å². The molecule has 0 saturated heterocycles. The molecule has 0 aliphatic heterocycles. The number of hydrogen-bond acceptors (Lipinski definition) is 3. The quantitative estimate of drug-likeness (QED) is 0.677. The first-order chi connectivity index (χ1) is 6.94. The maximum atomic E-state index is 11.2. The van der Waals surface area contributed by atoms with Gasteiger partial charge in [0.1, 0.15) is 0 Å². The van der Waals surface area contributed by atoms with E-state index in [0.29, 0.717) is 5.41 Å². The van der Waals surface area contributed by atoms with Gasteiger partial charge in [-0.2, -0.15) is 0 Å². The minimum Gasteiger partial charge on any atom is -0.467 e. The van der Waals surface area contributed by atoms with Gasteiger partial charge >= 0.3 is 5.97 Å². The number of esters is 1. The number of carbonyl (C=O) groups excluding carboxylic acids is 1. The van der Waals surface area contributed by atoms with Crippen LogP contribution in [0.4, 0.5) is 0 Å². The van der Waals surface area contributed by atoms with E-state index in [0.717, 1.165) is 12.8 Å². The summed E-state index contributed by atoms with van der Waals surface area (Å²) in [6.45, 7) is 6.32. The number of methoxy groups -OCH3 is 1. The second-order valence-corrected chi connectivity index (χ2v) is 5.17. The summed E-state index contributed by atoms with van der Waals surface area (Å²) < 4.78 is 10.3. The monoisotopic (exact) mass is 214 g/mol. The summed E-state index contributed by atoms with van der Waals surface area (Å²) in [6, 6.07) is 0. The van der Waals surface area contributed by atoms with Crippen molar-refractivity contribution in [2.45, 2.75) is 58.7 Å². The highest BCUT2D eigenvalue weighted by Gasteiger charge is 2.29. The van der Waals surface area contributed by atoms with Crippen LogP contribution < -0.4 is 0 Å². The van der Waals surface area contributed by atoms with Crippen LogP contribution in [0.25, 0.3) is 0 Å². The summed E-state index contributed by atoms with van der Waals surface area (Å²) >= 11 is 0. The van der Waals surface area contributed by atoms with Gasteiger partial charge in [0.15, 0.2) is 6.10 Å². The first-order valence-corrected chi connectivity index (χ1v) is 5.68. The maximum Gasteiger partial charge on any atom is 0.334 e. The zero-order chi connectivity index (χ0) is 11.5. The Morgan fingerprint density at radius 1 is 1.33 bits per heavy atom. The number of ether oxygens (including phenoxy) is 2. The minimum atomic E-state index is -0.429. The van der Waals surface area contributed by atoms with Crippen LogP contribution in [0.15, 0.2) is 0 Å². The largest absolute Gasteiger partial charge is 0.467 e. The molecule has 15 heavy (non-hydrogen) atoms. The SMILES string of the molecule is COC(=O)[C@@H](C)OC1CCC(C)(C)CC1. The Morgan fingerprint density at radius 2 is 1.87 bits per heavy atom. The summed E-state index contributed by atoms with van der Waals surface area (Å²) in [7, 11) is 1.40. The molecule has 1 aliphatic carbocycles. The van der Waals surface area contributed by atoms with Crippen molar-refractivity contribution in [1.29, 1.82) is 0 Å². The fraction of sp³-hybridized carbons (Fsp3) is 0.917. The van der Waals surface area contributed by atoms with Crippen molar-refractivity contribution >= 4 is 5.97 Å². The number of carbonyl (C=O) groups is 1. The topological polar surface area (TPSA) is 35.5 Å². The number of hydrogen-bond donors (Lipinski definition) is 0. The van der Waals surface area contributed by atoms with Gasteiger partial charge in [-0.05, 0) is 38.0 Å². The molecule has 0 bridgehead atoms. The zero-order valence-corrected chi connectivity index (χ0v) is 10.2. The van der Waals surface area contributed by atoms with Crippen LogP contribution in [0.1, 0.15) is 46.5 Å². The molecule has 0 amide bonds. The predicted octanol–water partition coefficient (Wildman–Crippen LogP) is 2.53. The Hall–Kier alpha value is -0.570. The van der Waals surface area contributed by atoms with Crippen molar-refractivity contribution in [3.63, 3.8) is 0 Å². The van der Waals surface area contributed by atoms with Gasteiger partial charge in [-0.1, -0.05) is 13.8 Å². The summed E-state index contributed by atoms with van der Waals surface area (Å²) in [5.74, 6) is -0.278. The smallest absolute Gasteiger partial charge is 0.334 e. The van der Waals surface area contributed by atoms with Crippen molar-refractivity contribution in [2.75, 3.05) is 7.11 Å². The van der Waals surface area contributed by atoms with Gasteiger partial charge < -0.3 is 9.47 Å². The lowest BCUT2D eigenvalue weighted by atomic mass is 9.76. The molecule has 1 rings (SSSR count). The third-order valence-corrected chi connectivity index (χ3v) is 3.22. The third-order valence-electron chi connectivity index (χ3n) is 3.22. The van der Waals surface area contributed by atoms with Crippen LogP contribution in [0.2, 0.25) is 0 Å². The zero-order valence-electron chi connectivity index (χ0n) is 10.2. The van der Waals surface area contributed by atoms with E-state index in [4.69, 9.17) is 4.74 Å². The molecular formula is C12H22O3. The van der Waals surface area contributed by atoms with Gasteiger partial charge in [-0.15, -0.1) is 0 Å². The first-order valence-electron chi connectivity index (χ1n) is 5.68. The van der Waals surface area contributed by atoms with E-state index in [1.165, 1.54) is 20.0 Å². The van der Waals surface area contributed by atoms with Crippen LogP contribution in [0.3, 0.4) is 0 Å². The van der Waals surface area contributed by atoms with Gasteiger partial charge in [0.2, 0.25) is 0 Å². The molecule has 1 aliphatic rings. The molecule has 0 spiro atoms. The summed E-state index contributed by atoms with van der Waals surface area (Å²) in [4.78, 5) is 11.2. The molecule has 0 N–H and O–H groups in total. The van der Waals surface area contributed by atoms with Crippen LogP contribution in [0, 0.1) is 5.41 Å². The van der Waals surface area contributed by atoms with Crippen molar-refractivity contribution in [2.24, 2.45) is 5.41 Å². The molecule has 1 fully saturated rings. The molecule has 0 aromatic heterocycles. The van der Waals surface area contributed by atoms with Crippen LogP contribution in [-0.4, -0.2) is 25.3 Å². The average molecular weight is 214 g/mol. The molecule has 3 heteroatoms. The molecular weight excluding hydrogens is 192 g/mol. The molecule has 0 radical (unpaired) electrons. The van der Waals surface area contributed by atoms with Crippen LogP contribution >= 0.6 is 0 Å². The van der Waals surface area contributed by atoms with E-state index >= 15 is 0 Å². The Balaban J connectivity index is 2.32. The second kappa shape index (κ2) is 4.97. The summed E-state index contributed by atoms with van der Waals surface area (Å²) in [5.41, 5.74) is 0.439. The lowest BCUT2D eigenvalue weighted by Gasteiger charge is -2.34. The standard InChI is InChI=1S/C12H22O3/c1-9(11(13)14-4)15-10-5-7-12(2,3)8-6-10/h9-10H,5-8H2,1-4H3/t9-/m1/s1. The highest BCUT2D eigenvalue weighted by atomic mass is 16.6. The molecule has 0 aromatic rings. The van der Waals surface area contributed by atoms with Crippen LogP contribution in [0.5, 0.6) is 0 Å². The molecule has 1 saturated carbocycles. The van der Waals surface area contributed by atoms with Crippen molar-refractivity contribution in [3.05, 3.63) is 0 Å². The number of rotatable bonds is 3. The fourth-order valence-corrected chi connectivity index (χ4v) is 2.02. The Kier molecular flexibility index (Phi) is 4.14. The Morgan fingerprint density at radius 3 is 2.33 bits per heavy atom. The van der Waals surface area contributed by atoms with E-state index in [2.05, 4.69) is 18.6 Å². The van der Waals surface area contributed by atoms with Gasteiger partial charge in [-0.25, -0.2) is 4.79 Å². The minimum absolute atomic E-state index is 0.229. The Labute approximate surface area is 92.1 Å². The predicted molar refractivity (Wildman–Crippen MR) is 58.6 cm³/mol. The van der Waals surface area contributed by atoms with Crippen molar-refractivity contribution in [3.8, 4) is 0 Å². The van der Waals surface area contributed by atoms with Gasteiger partial charge in [-0.3, -0.25) is 0 Å². The highest BCUT2D eigenvalue weighted by Crippen LogP contribution is 2.36. The van der Waals surface area contributed by atoms with Gasteiger partial charge in [0, 0.05) is 0 Å². The van der Waals surface area contributed by atoms with Gasteiger partial charge in [0.25, 0.3) is 0 Å². The molecule has 3 nitrogen and oxygen atoms in total. The maximum absolute atomic E-state index is 11.2. The lowest BCUT2D eigenvalue weighted by molar-refractivity contribution is -0.158. The Bertz CT molecular complexity index is 213. The van der Waals surface area contributed by atoms with E-state index in [9.17, 15) is 4.79 Å². The van der Waals surface area contributed by atoms with Crippen LogP contribution in [-0.2, 0) is 14.3 Å². The third kappa shape index (κ3) is 3.82. The van der Waals surface area contributed by atoms with Crippen molar-refractivity contribution in [1.82, 2.24) is 0 Å². The molecule has 0 unspecified atom stereocenters. The molecule has 0 heterocycles. The molecule has 1 atom stereocenters. The average Bonchev–Trinajstić information content (AvgIpc) is 2.20. The summed E-state index contributed by atoms with van der Waals surface area (Å²) in [5, 5.41) is 0. The van der Waals surface area contributed by atoms with E-state index in [-0.39, 0.29) is 12.1 Å². The van der Waals surface area contributed by atoms with Crippen molar-refractivity contribution < 1.29 is 14.3 Å². The first kappa shape index (κ1) is 12.5. The lowest BCUT2D eigenvalue weighted by Crippen LogP contribution is -2.32. The summed E-state index contributed by atoms with van der Waals surface area (Å²) in [6.07, 6.45) is 4.24. The fourth-order valence-electron chi connectivity index (χ4n) is 2.02. The van der Waals surface area contributed by atoms with E-state index in [1.54, 1.807) is 6.92 Å².